The summed E-state index contributed by atoms with van der Waals surface area (Å²) < 4.78 is 10.9. The van der Waals surface area contributed by atoms with Crippen LogP contribution in [0, 0.1) is 10.1 Å². The molecule has 1 aromatic carbocycles. The molecule has 4 N–H and O–H groups in total. The van der Waals surface area contributed by atoms with Gasteiger partial charge in [0.25, 0.3) is 5.69 Å². The summed E-state index contributed by atoms with van der Waals surface area (Å²) >= 11 is 0. The second kappa shape index (κ2) is 7.53. The van der Waals surface area contributed by atoms with Crippen molar-refractivity contribution in [3.8, 4) is 5.75 Å². The molecule has 0 radical (unpaired) electrons. The first-order valence-electron chi connectivity index (χ1n) is 7.17. The van der Waals surface area contributed by atoms with Crippen molar-refractivity contribution in [2.75, 3.05) is 11.9 Å². The van der Waals surface area contributed by atoms with Crippen LogP contribution in [0.25, 0.3) is 0 Å². The molecule has 10 nitrogen and oxygen atoms in total. The number of benzene rings is 1. The normalized spacial score (nSPS) is 26.7. The van der Waals surface area contributed by atoms with Crippen LogP contribution in [0.15, 0.2) is 18.2 Å². The van der Waals surface area contributed by atoms with E-state index in [0.717, 1.165) is 6.07 Å². The molecule has 1 heterocycles. The Hall–Kier alpha value is -2.27. The van der Waals surface area contributed by atoms with Gasteiger partial charge in [-0.15, -0.1) is 0 Å². The third kappa shape index (κ3) is 4.17. The highest BCUT2D eigenvalue weighted by Crippen LogP contribution is 2.32. The van der Waals surface area contributed by atoms with Gasteiger partial charge in [-0.25, -0.2) is 0 Å². The summed E-state index contributed by atoms with van der Waals surface area (Å²) in [5.74, 6) is -0.352. The van der Waals surface area contributed by atoms with E-state index >= 15 is 0 Å². The Bertz CT molecular complexity index is 623. The lowest BCUT2D eigenvalue weighted by atomic mass is 10.0. The molecule has 0 bridgehead atoms. The first-order chi connectivity index (χ1) is 11.3. The summed E-state index contributed by atoms with van der Waals surface area (Å²) in [6, 6.07) is 3.62. The molecule has 132 valence electrons. The number of aliphatic hydroxyl groups is 3. The summed E-state index contributed by atoms with van der Waals surface area (Å²) in [4.78, 5) is 21.5. The zero-order valence-corrected chi connectivity index (χ0v) is 12.8. The number of non-ortho nitro benzene ring substituents is 1. The third-order valence-corrected chi connectivity index (χ3v) is 3.46. The van der Waals surface area contributed by atoms with Gasteiger partial charge in [0.05, 0.1) is 23.3 Å². The highest BCUT2D eigenvalue weighted by molar-refractivity contribution is 5.90. The first-order valence-corrected chi connectivity index (χ1v) is 7.17. The molecule has 1 saturated heterocycles. The molecule has 10 heteroatoms. The summed E-state index contributed by atoms with van der Waals surface area (Å²) in [6.07, 6.45) is -4.52. The maximum atomic E-state index is 11.3. The zero-order chi connectivity index (χ0) is 17.9. The monoisotopic (exact) mass is 342 g/mol. The van der Waals surface area contributed by atoms with E-state index in [4.69, 9.17) is 14.6 Å². The van der Waals surface area contributed by atoms with Crippen LogP contribution in [0.2, 0.25) is 0 Å². The van der Waals surface area contributed by atoms with Gasteiger partial charge in [-0.05, 0) is 6.07 Å². The largest absolute Gasteiger partial charge is 0.463 e. The van der Waals surface area contributed by atoms with Crippen LogP contribution in [0.5, 0.6) is 5.75 Å². The number of nitrogens with one attached hydrogen (secondary N) is 1. The molecule has 4 atom stereocenters. The number of carbonyl (C=O) groups excluding carboxylic acids is 1. The number of nitro groups is 1. The Kier molecular flexibility index (Phi) is 5.67. The second-order valence-electron chi connectivity index (χ2n) is 5.32. The third-order valence-electron chi connectivity index (χ3n) is 3.46. The van der Waals surface area contributed by atoms with Crippen molar-refractivity contribution < 1.29 is 34.5 Å². The van der Waals surface area contributed by atoms with Crippen molar-refractivity contribution in [3.63, 3.8) is 0 Å². The smallest absolute Gasteiger partial charge is 0.271 e. The maximum Gasteiger partial charge on any atom is 0.271 e. The van der Waals surface area contributed by atoms with E-state index in [1.54, 1.807) is 0 Å². The number of ether oxygens (including phenoxy) is 2. The van der Waals surface area contributed by atoms with Crippen molar-refractivity contribution >= 4 is 17.3 Å². The summed E-state index contributed by atoms with van der Waals surface area (Å²) in [5.41, 5.74) is -0.166. The van der Waals surface area contributed by atoms with Gasteiger partial charge in [0.15, 0.2) is 0 Å². The molecule has 0 aromatic heterocycles. The van der Waals surface area contributed by atoms with Crippen LogP contribution < -0.4 is 10.1 Å². The minimum atomic E-state index is -1.25. The quantitative estimate of drug-likeness (QED) is 0.423. The molecule has 1 amide bonds. The Balaban J connectivity index is 2.21. The first kappa shape index (κ1) is 18.1. The van der Waals surface area contributed by atoms with Crippen molar-refractivity contribution in [1.82, 2.24) is 0 Å². The Morgan fingerprint density at radius 1 is 1.50 bits per heavy atom. The van der Waals surface area contributed by atoms with E-state index in [1.807, 2.05) is 0 Å². The predicted octanol–water partition coefficient (Wildman–Crippen LogP) is -0.239. The summed E-state index contributed by atoms with van der Waals surface area (Å²) in [6.45, 7) is 0.721. The van der Waals surface area contributed by atoms with Crippen LogP contribution in [-0.4, -0.2) is 57.4 Å². The average molecular weight is 342 g/mol. The molecular weight excluding hydrogens is 324 g/mol. The van der Waals surface area contributed by atoms with Crippen molar-refractivity contribution in [2.24, 2.45) is 0 Å². The number of amides is 1. The minimum Gasteiger partial charge on any atom is -0.463 e. The van der Waals surface area contributed by atoms with Crippen molar-refractivity contribution in [3.05, 3.63) is 28.3 Å². The molecule has 24 heavy (non-hydrogen) atoms. The number of carbonyl (C=O) groups is 1. The predicted molar refractivity (Wildman–Crippen MR) is 80.4 cm³/mol. The number of nitrogens with zero attached hydrogens (tertiary/aromatic N) is 1. The molecule has 2 rings (SSSR count). The van der Waals surface area contributed by atoms with Gasteiger partial charge in [0.1, 0.15) is 18.0 Å². The van der Waals surface area contributed by atoms with Gasteiger partial charge < -0.3 is 30.1 Å². The van der Waals surface area contributed by atoms with Crippen LogP contribution in [0.4, 0.5) is 11.4 Å². The number of rotatable bonds is 5. The van der Waals surface area contributed by atoms with Crippen molar-refractivity contribution in [1.29, 1.82) is 0 Å². The molecular formula is C14H18N2O8. The van der Waals surface area contributed by atoms with Crippen LogP contribution in [0.1, 0.15) is 13.3 Å². The van der Waals surface area contributed by atoms with Gasteiger partial charge in [-0.1, -0.05) is 0 Å². The molecule has 4 unspecified atom stereocenters. The number of nitro benzene ring substituents is 1. The molecule has 1 fully saturated rings. The average Bonchev–Trinajstić information content (AvgIpc) is 2.51. The van der Waals surface area contributed by atoms with E-state index in [2.05, 4.69) is 5.32 Å². The fourth-order valence-electron chi connectivity index (χ4n) is 2.31. The molecule has 0 spiro atoms. The lowest BCUT2D eigenvalue weighted by Gasteiger charge is -2.36. The SMILES string of the molecule is CC(=O)Nc1cc([N+](=O)[O-])ccc1OC1CC(O)C(O)C(CO)O1. The topological polar surface area (TPSA) is 151 Å². The van der Waals surface area contributed by atoms with E-state index in [9.17, 15) is 25.1 Å². The van der Waals surface area contributed by atoms with Crippen LogP contribution in [0.3, 0.4) is 0 Å². The lowest BCUT2D eigenvalue weighted by Crippen LogP contribution is -2.51. The number of hydrogen-bond acceptors (Lipinski definition) is 8. The molecule has 0 saturated carbocycles. The van der Waals surface area contributed by atoms with Gasteiger partial charge in [-0.3, -0.25) is 14.9 Å². The maximum absolute atomic E-state index is 11.3. The second-order valence-corrected chi connectivity index (χ2v) is 5.32. The van der Waals surface area contributed by atoms with Gasteiger partial charge in [0, 0.05) is 25.5 Å². The fourth-order valence-corrected chi connectivity index (χ4v) is 2.31. The Labute approximate surface area is 136 Å². The van der Waals surface area contributed by atoms with Crippen LogP contribution >= 0.6 is 0 Å². The molecule has 1 aliphatic rings. The van der Waals surface area contributed by atoms with E-state index in [1.165, 1.54) is 19.1 Å². The number of hydrogen-bond donors (Lipinski definition) is 4. The Morgan fingerprint density at radius 2 is 2.21 bits per heavy atom. The summed E-state index contributed by atoms with van der Waals surface area (Å²) in [5, 5.41) is 41.9. The molecule has 0 aliphatic carbocycles. The zero-order valence-electron chi connectivity index (χ0n) is 12.8. The molecule has 1 aliphatic heterocycles. The van der Waals surface area contributed by atoms with Crippen molar-refractivity contribution in [2.45, 2.75) is 37.9 Å². The van der Waals surface area contributed by atoms with Gasteiger partial charge in [-0.2, -0.15) is 0 Å². The van der Waals surface area contributed by atoms with Crippen LogP contribution in [-0.2, 0) is 9.53 Å². The van der Waals surface area contributed by atoms with E-state index < -0.39 is 42.0 Å². The summed E-state index contributed by atoms with van der Waals surface area (Å²) in [7, 11) is 0. The standard InChI is InChI=1S/C14H18N2O8/c1-7(18)15-9-4-8(16(21)22)2-3-11(9)23-13-5-10(19)14(20)12(6-17)24-13/h2-4,10,12-14,17,19-20H,5-6H2,1H3,(H,15,18). The minimum absolute atomic E-state index is 0.0708. The number of anilines is 1. The fraction of sp³-hybridized carbons (Fsp3) is 0.500. The Morgan fingerprint density at radius 3 is 2.79 bits per heavy atom. The highest BCUT2D eigenvalue weighted by Gasteiger charge is 2.37. The van der Waals surface area contributed by atoms with E-state index in [0.29, 0.717) is 0 Å². The molecule has 1 aromatic rings. The van der Waals surface area contributed by atoms with Gasteiger partial charge in [0.2, 0.25) is 12.2 Å². The lowest BCUT2D eigenvalue weighted by molar-refractivity contribution is -0.384. The van der Waals surface area contributed by atoms with E-state index in [-0.39, 0.29) is 23.5 Å². The highest BCUT2D eigenvalue weighted by atomic mass is 16.7. The number of aliphatic hydroxyl groups excluding tert-OH is 3. The van der Waals surface area contributed by atoms with Gasteiger partial charge >= 0.3 is 0 Å².